The zero-order valence-corrected chi connectivity index (χ0v) is 21.2. The highest BCUT2D eigenvalue weighted by atomic mass is 16.6. The Morgan fingerprint density at radius 1 is 0.969 bits per heavy atom. The van der Waals surface area contributed by atoms with Crippen LogP contribution in [0.4, 0.5) is 9.59 Å². The van der Waals surface area contributed by atoms with Gasteiger partial charge < -0.3 is 18.9 Å². The molecule has 0 fully saturated rings. The topological polar surface area (TPSA) is 114 Å². The largest absolute Gasteiger partial charge is 0.443 e. The van der Waals surface area contributed by atoms with Crippen LogP contribution in [0.15, 0.2) is 4.52 Å². The Balaban J connectivity index is 3.29. The molecule has 0 saturated carbocycles. The number of nitrogens with zero attached hydrogens (tertiary/aromatic N) is 3. The summed E-state index contributed by atoms with van der Waals surface area (Å²) in [4.78, 5) is 40.1. The summed E-state index contributed by atoms with van der Waals surface area (Å²) >= 11 is 0. The monoisotopic (exact) mass is 454 g/mol. The van der Waals surface area contributed by atoms with Crippen molar-refractivity contribution in [3.05, 3.63) is 17.0 Å². The highest BCUT2D eigenvalue weighted by Gasteiger charge is 2.32. The maximum Gasteiger partial charge on any atom is 0.429 e. The van der Waals surface area contributed by atoms with Gasteiger partial charge in [0.2, 0.25) is 0 Å². The normalized spacial score (nSPS) is 12.0. The first-order chi connectivity index (χ1) is 14.4. The summed E-state index contributed by atoms with van der Waals surface area (Å²) in [6.45, 7) is 19.2. The molecule has 3 amide bonds. The van der Waals surface area contributed by atoms with Crippen LogP contribution >= 0.6 is 0 Å². The fourth-order valence-corrected chi connectivity index (χ4v) is 3.01. The molecular formula is C22H38N4O6. The highest BCUT2D eigenvalue weighted by molar-refractivity contribution is 5.96. The number of carbonyl (C=O) groups excluding carboxylic acids is 3. The van der Waals surface area contributed by atoms with Crippen LogP contribution in [0, 0.1) is 6.92 Å². The van der Waals surface area contributed by atoms with E-state index < -0.39 is 23.4 Å². The number of aryl methyl sites for hydroxylation is 1. The van der Waals surface area contributed by atoms with Crippen LogP contribution in [0.5, 0.6) is 0 Å². The number of aromatic nitrogens is 1. The van der Waals surface area contributed by atoms with E-state index in [1.165, 1.54) is 0 Å². The van der Waals surface area contributed by atoms with Gasteiger partial charge in [0.1, 0.15) is 23.3 Å². The third-order valence-electron chi connectivity index (χ3n) is 4.04. The van der Waals surface area contributed by atoms with Gasteiger partial charge in [0.25, 0.3) is 5.91 Å². The number of hydrazine groups is 1. The van der Waals surface area contributed by atoms with Gasteiger partial charge in [0.05, 0.1) is 5.69 Å². The summed E-state index contributed by atoms with van der Waals surface area (Å²) in [5.41, 5.74) is 1.42. The van der Waals surface area contributed by atoms with Gasteiger partial charge in [-0.1, -0.05) is 5.16 Å². The molecule has 0 aliphatic carbocycles. The standard InChI is InChI=1S/C22H38N4O6/c1-13(2)26(14(3)4)18(27)17-15(5)24-32-16(17)12-25(20(29)31-22(9,10)11)23-19(28)30-21(6,7)8/h13-14H,12H2,1-11H3,(H,23,28). The van der Waals surface area contributed by atoms with E-state index in [-0.39, 0.29) is 35.9 Å². The Morgan fingerprint density at radius 3 is 1.91 bits per heavy atom. The van der Waals surface area contributed by atoms with E-state index in [0.717, 1.165) is 5.01 Å². The summed E-state index contributed by atoms with van der Waals surface area (Å²) in [7, 11) is 0. The first-order valence-electron chi connectivity index (χ1n) is 10.7. The molecule has 0 atom stereocenters. The fraction of sp³-hybridized carbons (Fsp3) is 0.727. The molecule has 10 heteroatoms. The van der Waals surface area contributed by atoms with Gasteiger partial charge in [0.15, 0.2) is 5.76 Å². The quantitative estimate of drug-likeness (QED) is 0.655. The molecule has 0 aromatic carbocycles. The second-order valence-electron chi connectivity index (χ2n) is 10.1. The molecule has 10 nitrogen and oxygen atoms in total. The van der Waals surface area contributed by atoms with Crippen molar-refractivity contribution in [1.29, 1.82) is 0 Å². The predicted octanol–water partition coefficient (Wildman–Crippen LogP) is 4.42. The van der Waals surface area contributed by atoms with Crippen LogP contribution in [-0.4, -0.2) is 56.4 Å². The fourth-order valence-electron chi connectivity index (χ4n) is 3.01. The van der Waals surface area contributed by atoms with E-state index in [4.69, 9.17) is 14.0 Å². The van der Waals surface area contributed by atoms with Crippen molar-refractivity contribution in [2.45, 2.75) is 106 Å². The molecule has 1 aromatic heterocycles. The molecule has 0 radical (unpaired) electrons. The van der Waals surface area contributed by atoms with Gasteiger partial charge in [0, 0.05) is 12.1 Å². The zero-order valence-electron chi connectivity index (χ0n) is 21.2. The molecule has 0 aliphatic rings. The summed E-state index contributed by atoms with van der Waals surface area (Å²) < 4.78 is 16.0. The predicted molar refractivity (Wildman–Crippen MR) is 119 cm³/mol. The van der Waals surface area contributed by atoms with E-state index in [1.807, 2.05) is 27.7 Å². The van der Waals surface area contributed by atoms with Crippen LogP contribution in [0.2, 0.25) is 0 Å². The smallest absolute Gasteiger partial charge is 0.429 e. The molecule has 0 spiro atoms. The molecule has 0 bridgehead atoms. The Morgan fingerprint density at radius 2 is 1.47 bits per heavy atom. The second kappa shape index (κ2) is 10.2. The lowest BCUT2D eigenvalue weighted by molar-refractivity contribution is -0.00251. The third-order valence-corrected chi connectivity index (χ3v) is 4.04. The van der Waals surface area contributed by atoms with Gasteiger partial charge in [-0.3, -0.25) is 4.79 Å². The lowest BCUT2D eigenvalue weighted by atomic mass is 10.1. The average Bonchev–Trinajstić information content (AvgIpc) is 2.90. The molecule has 0 unspecified atom stereocenters. The van der Waals surface area contributed by atoms with E-state index in [0.29, 0.717) is 5.69 Å². The van der Waals surface area contributed by atoms with E-state index in [1.54, 1.807) is 53.4 Å². The lowest BCUT2D eigenvalue weighted by Crippen LogP contribution is -2.49. The zero-order chi connectivity index (χ0) is 25.0. The van der Waals surface area contributed by atoms with E-state index >= 15 is 0 Å². The maximum absolute atomic E-state index is 13.3. The van der Waals surface area contributed by atoms with Crippen molar-refractivity contribution >= 4 is 18.1 Å². The van der Waals surface area contributed by atoms with Crippen molar-refractivity contribution in [3.8, 4) is 0 Å². The Kier molecular flexibility index (Phi) is 8.71. The number of nitrogens with one attached hydrogen (secondary N) is 1. The molecule has 1 rings (SSSR count). The number of hydrogen-bond donors (Lipinski definition) is 1. The Labute approximate surface area is 190 Å². The van der Waals surface area contributed by atoms with Gasteiger partial charge in [-0.2, -0.15) is 0 Å². The van der Waals surface area contributed by atoms with Crippen LogP contribution in [0.1, 0.15) is 91.0 Å². The van der Waals surface area contributed by atoms with Crippen molar-refractivity contribution in [1.82, 2.24) is 20.5 Å². The van der Waals surface area contributed by atoms with E-state index in [9.17, 15) is 14.4 Å². The first-order valence-corrected chi connectivity index (χ1v) is 10.7. The first kappa shape index (κ1) is 27.3. The minimum atomic E-state index is -0.849. The molecule has 1 N–H and O–H groups in total. The average molecular weight is 455 g/mol. The van der Waals surface area contributed by atoms with Crippen molar-refractivity contribution in [3.63, 3.8) is 0 Å². The highest BCUT2D eigenvalue weighted by Crippen LogP contribution is 2.22. The minimum Gasteiger partial charge on any atom is -0.443 e. The number of rotatable bonds is 5. The minimum absolute atomic E-state index is 0.0634. The molecular weight excluding hydrogens is 416 g/mol. The maximum atomic E-state index is 13.3. The van der Waals surface area contributed by atoms with Gasteiger partial charge in [-0.15, -0.1) is 0 Å². The lowest BCUT2D eigenvalue weighted by Gasteiger charge is -2.31. The van der Waals surface area contributed by atoms with Gasteiger partial charge in [-0.05, 0) is 76.2 Å². The number of carbonyl (C=O) groups is 3. The third kappa shape index (κ3) is 8.05. The van der Waals surface area contributed by atoms with Gasteiger partial charge in [-0.25, -0.2) is 20.0 Å². The number of hydrogen-bond acceptors (Lipinski definition) is 7. The molecule has 0 aliphatic heterocycles. The molecule has 0 saturated heterocycles. The van der Waals surface area contributed by atoms with Crippen molar-refractivity contribution in [2.75, 3.05) is 0 Å². The van der Waals surface area contributed by atoms with Crippen LogP contribution in [0.3, 0.4) is 0 Å². The van der Waals surface area contributed by atoms with Crippen LogP contribution in [-0.2, 0) is 16.0 Å². The molecule has 182 valence electrons. The van der Waals surface area contributed by atoms with Crippen molar-refractivity contribution < 1.29 is 28.4 Å². The number of amides is 3. The van der Waals surface area contributed by atoms with Crippen LogP contribution in [0.25, 0.3) is 0 Å². The molecule has 32 heavy (non-hydrogen) atoms. The summed E-state index contributed by atoms with van der Waals surface area (Å²) in [6, 6.07) is -0.127. The number of ether oxygens (including phenoxy) is 2. The summed E-state index contributed by atoms with van der Waals surface area (Å²) in [5, 5.41) is 4.83. The van der Waals surface area contributed by atoms with Crippen LogP contribution < -0.4 is 5.43 Å². The van der Waals surface area contributed by atoms with Crippen molar-refractivity contribution in [2.24, 2.45) is 0 Å². The SMILES string of the molecule is Cc1noc(CN(NC(=O)OC(C)(C)C)C(=O)OC(C)(C)C)c1C(=O)N(C(C)C)C(C)C. The van der Waals surface area contributed by atoms with E-state index in [2.05, 4.69) is 10.6 Å². The Hall–Kier alpha value is -2.78. The Bertz CT molecular complexity index is 809. The summed E-state index contributed by atoms with van der Waals surface area (Å²) in [6.07, 6.45) is -1.68. The van der Waals surface area contributed by atoms with Gasteiger partial charge >= 0.3 is 12.2 Å². The molecule has 1 aromatic rings. The molecule has 1 heterocycles. The summed E-state index contributed by atoms with van der Waals surface area (Å²) in [5.74, 6) is -0.147. The second-order valence-corrected chi connectivity index (χ2v) is 10.1.